The monoisotopic (exact) mass is 502 g/mol. The second-order valence-electron chi connectivity index (χ2n) is 11.5. The van der Waals surface area contributed by atoms with Gasteiger partial charge in [0.05, 0.1) is 23.3 Å². The van der Waals surface area contributed by atoms with Crippen molar-refractivity contribution in [2.75, 3.05) is 18.0 Å². The Hall–Kier alpha value is -3.16. The van der Waals surface area contributed by atoms with Gasteiger partial charge in [0.25, 0.3) is 0 Å². The number of anilines is 1. The van der Waals surface area contributed by atoms with Gasteiger partial charge in [0, 0.05) is 43.9 Å². The molecule has 1 saturated heterocycles. The number of carboxylic acid groups (broad SMARTS) is 1. The lowest BCUT2D eigenvalue weighted by molar-refractivity contribution is 0.0695. The molecule has 0 amide bonds. The quantitative estimate of drug-likeness (QED) is 0.435. The van der Waals surface area contributed by atoms with Crippen molar-refractivity contribution < 1.29 is 9.90 Å². The highest BCUT2D eigenvalue weighted by atomic mass is 16.4. The Morgan fingerprint density at radius 3 is 2.59 bits per heavy atom. The molecule has 196 valence electrons. The van der Waals surface area contributed by atoms with Crippen molar-refractivity contribution in [3.8, 4) is 5.69 Å². The Bertz CT molecular complexity index is 1240. The molecule has 2 saturated carbocycles. The number of carbonyl (C=O) groups is 1. The van der Waals surface area contributed by atoms with Crippen LogP contribution in [0.15, 0.2) is 36.7 Å². The Balaban J connectivity index is 1.20. The number of nitrogens with zero attached hydrogens (tertiary/aromatic N) is 6. The molecule has 0 bridgehead atoms. The second kappa shape index (κ2) is 10.3. The molecule has 1 aliphatic heterocycles. The fourth-order valence-electron chi connectivity index (χ4n) is 6.75. The highest BCUT2D eigenvalue weighted by Crippen LogP contribution is 2.55. The molecule has 8 heteroatoms. The van der Waals surface area contributed by atoms with Crippen LogP contribution in [-0.2, 0) is 7.05 Å². The van der Waals surface area contributed by atoms with Crippen LogP contribution in [0.3, 0.4) is 0 Å². The summed E-state index contributed by atoms with van der Waals surface area (Å²) in [7, 11) is 1.85. The molecule has 8 nitrogen and oxygen atoms in total. The van der Waals surface area contributed by atoms with Crippen molar-refractivity contribution >= 4 is 11.7 Å². The van der Waals surface area contributed by atoms with Crippen molar-refractivity contribution in [3.05, 3.63) is 53.6 Å². The molecular weight excluding hydrogens is 464 g/mol. The van der Waals surface area contributed by atoms with Crippen molar-refractivity contribution in [2.45, 2.75) is 76.0 Å². The fourth-order valence-corrected chi connectivity index (χ4v) is 6.75. The van der Waals surface area contributed by atoms with Gasteiger partial charge in [-0.15, -0.1) is 5.10 Å². The van der Waals surface area contributed by atoms with Gasteiger partial charge < -0.3 is 10.0 Å². The van der Waals surface area contributed by atoms with Crippen LogP contribution in [0.25, 0.3) is 5.69 Å². The van der Waals surface area contributed by atoms with E-state index in [1.54, 1.807) is 4.68 Å². The number of carboxylic acids is 1. The molecule has 2 aromatic heterocycles. The summed E-state index contributed by atoms with van der Waals surface area (Å²) in [5.74, 6) is 1.03. The summed E-state index contributed by atoms with van der Waals surface area (Å²) in [6, 6.07) is 8.49. The molecule has 3 atom stereocenters. The molecule has 2 aliphatic carbocycles. The minimum atomic E-state index is -0.931. The Kier molecular flexibility index (Phi) is 6.74. The van der Waals surface area contributed by atoms with E-state index in [-0.39, 0.29) is 17.4 Å². The average Bonchev–Trinajstić information content (AvgIpc) is 3.37. The van der Waals surface area contributed by atoms with Crippen LogP contribution >= 0.6 is 0 Å². The number of hydrogen-bond donors (Lipinski definition) is 1. The first kappa shape index (κ1) is 24.2. The lowest BCUT2D eigenvalue weighted by Crippen LogP contribution is -2.35. The van der Waals surface area contributed by atoms with Crippen molar-refractivity contribution in [1.82, 2.24) is 24.8 Å². The van der Waals surface area contributed by atoms with Gasteiger partial charge in [-0.1, -0.05) is 49.8 Å². The first-order valence-electron chi connectivity index (χ1n) is 14.1. The normalized spacial score (nSPS) is 24.4. The van der Waals surface area contributed by atoms with Crippen LogP contribution in [-0.4, -0.2) is 48.9 Å². The molecule has 1 aromatic carbocycles. The van der Waals surface area contributed by atoms with E-state index in [1.807, 2.05) is 24.0 Å². The largest absolute Gasteiger partial charge is 0.478 e. The summed E-state index contributed by atoms with van der Waals surface area (Å²) in [6.45, 7) is 2.19. The Morgan fingerprint density at radius 1 is 1.03 bits per heavy atom. The maximum atomic E-state index is 12.1. The van der Waals surface area contributed by atoms with Crippen LogP contribution in [0.2, 0.25) is 0 Å². The van der Waals surface area contributed by atoms with E-state index in [4.69, 9.17) is 0 Å². The molecule has 6 rings (SSSR count). The highest BCUT2D eigenvalue weighted by molar-refractivity contribution is 5.89. The maximum absolute atomic E-state index is 12.1. The van der Waals surface area contributed by atoms with Crippen molar-refractivity contribution in [3.63, 3.8) is 0 Å². The van der Waals surface area contributed by atoms with E-state index in [1.165, 1.54) is 69.7 Å². The summed E-state index contributed by atoms with van der Waals surface area (Å²) >= 11 is 0. The molecule has 0 spiro atoms. The van der Waals surface area contributed by atoms with Crippen LogP contribution in [0.5, 0.6) is 0 Å². The molecule has 3 fully saturated rings. The van der Waals surface area contributed by atoms with Crippen LogP contribution in [0.4, 0.5) is 5.69 Å². The highest BCUT2D eigenvalue weighted by Gasteiger charge is 2.46. The standard InChI is InChI=1S/C29H38N6O2/c1-33-19-27(31-32-33)24-16-25(24)28-26(29(36)37)17-30-35(28)23-11-5-10-22(15-23)34-14-6-9-21(18-34)13-12-20-7-3-2-4-8-20/h5,10-11,15,17,19-21,24-25H,2-4,6-9,12-14,16,18H2,1H3,(H,36,37)/t21?,24-,25-/m1/s1. The summed E-state index contributed by atoms with van der Waals surface area (Å²) < 4.78 is 3.54. The van der Waals surface area contributed by atoms with Gasteiger partial charge in [0.15, 0.2) is 0 Å². The lowest BCUT2D eigenvalue weighted by Gasteiger charge is -2.35. The van der Waals surface area contributed by atoms with Gasteiger partial charge in [-0.2, -0.15) is 5.10 Å². The number of rotatable bonds is 8. The first-order valence-corrected chi connectivity index (χ1v) is 14.1. The van der Waals surface area contributed by atoms with Crippen molar-refractivity contribution in [2.24, 2.45) is 18.9 Å². The molecule has 1 unspecified atom stereocenters. The maximum Gasteiger partial charge on any atom is 0.339 e. The predicted molar refractivity (Wildman–Crippen MR) is 142 cm³/mol. The number of aryl methyl sites for hydroxylation is 1. The van der Waals surface area contributed by atoms with Crippen molar-refractivity contribution in [1.29, 1.82) is 0 Å². The number of benzene rings is 1. The van der Waals surface area contributed by atoms with E-state index < -0.39 is 5.97 Å². The Morgan fingerprint density at radius 2 is 1.81 bits per heavy atom. The second-order valence-corrected chi connectivity index (χ2v) is 11.5. The summed E-state index contributed by atoms with van der Waals surface area (Å²) in [6.07, 6.45) is 16.7. The van der Waals surface area contributed by atoms with Gasteiger partial charge in [0.1, 0.15) is 5.56 Å². The van der Waals surface area contributed by atoms with Gasteiger partial charge >= 0.3 is 5.97 Å². The number of aromatic carboxylic acids is 1. The predicted octanol–water partition coefficient (Wildman–Crippen LogP) is 5.55. The van der Waals surface area contributed by atoms with Gasteiger partial charge in [0.2, 0.25) is 0 Å². The SMILES string of the molecule is Cn1cc([C@@H]2C[C@H]2c2c(C(=O)O)cnn2-c2cccc(N3CCCC(CCC4CCCCC4)C3)c2)nn1. The summed E-state index contributed by atoms with van der Waals surface area (Å²) in [5, 5.41) is 22.8. The smallest absolute Gasteiger partial charge is 0.339 e. The Labute approximate surface area is 218 Å². The average molecular weight is 503 g/mol. The van der Waals surface area contributed by atoms with Crippen LogP contribution in [0, 0.1) is 11.8 Å². The number of hydrogen-bond acceptors (Lipinski definition) is 5. The van der Waals surface area contributed by atoms with E-state index in [0.29, 0.717) is 0 Å². The third-order valence-electron chi connectivity index (χ3n) is 8.85. The molecular formula is C29H38N6O2. The lowest BCUT2D eigenvalue weighted by atomic mass is 9.82. The fraction of sp³-hybridized carbons (Fsp3) is 0.586. The molecule has 3 heterocycles. The number of piperidine rings is 1. The molecule has 3 aliphatic rings. The minimum absolute atomic E-state index is 0.0770. The van der Waals surface area contributed by atoms with Gasteiger partial charge in [-0.05, 0) is 55.7 Å². The molecule has 1 N–H and O–H groups in total. The minimum Gasteiger partial charge on any atom is -0.478 e. The van der Waals surface area contributed by atoms with E-state index in [9.17, 15) is 9.90 Å². The topological polar surface area (TPSA) is 89.1 Å². The van der Waals surface area contributed by atoms with Gasteiger partial charge in [-0.3, -0.25) is 4.68 Å². The van der Waals surface area contributed by atoms with Crippen LogP contribution in [0.1, 0.15) is 97.8 Å². The third-order valence-corrected chi connectivity index (χ3v) is 8.85. The molecule has 37 heavy (non-hydrogen) atoms. The van der Waals surface area contributed by atoms with E-state index in [0.717, 1.165) is 48.4 Å². The molecule has 0 radical (unpaired) electrons. The number of aromatic nitrogens is 5. The van der Waals surface area contributed by atoms with E-state index >= 15 is 0 Å². The zero-order chi connectivity index (χ0) is 25.4. The first-order chi connectivity index (χ1) is 18.1. The van der Waals surface area contributed by atoms with E-state index in [2.05, 4.69) is 38.5 Å². The summed E-state index contributed by atoms with van der Waals surface area (Å²) in [4.78, 5) is 14.6. The zero-order valence-electron chi connectivity index (χ0n) is 21.8. The van der Waals surface area contributed by atoms with Crippen LogP contribution < -0.4 is 4.90 Å². The zero-order valence-corrected chi connectivity index (χ0v) is 21.8. The summed E-state index contributed by atoms with van der Waals surface area (Å²) in [5.41, 5.74) is 4.10. The third kappa shape index (κ3) is 5.15. The molecule has 3 aromatic rings. The van der Waals surface area contributed by atoms with Gasteiger partial charge in [-0.25, -0.2) is 9.48 Å².